The summed E-state index contributed by atoms with van der Waals surface area (Å²) in [6.45, 7) is 0.718. The van der Waals surface area contributed by atoms with Crippen LogP contribution in [0, 0.1) is 0 Å². The van der Waals surface area contributed by atoms with Crippen LogP contribution in [0.15, 0.2) is 0 Å². The fourth-order valence-corrected chi connectivity index (χ4v) is 1.03. The molecule has 0 aliphatic carbocycles. The van der Waals surface area contributed by atoms with E-state index in [0.29, 0.717) is 0 Å². The van der Waals surface area contributed by atoms with Crippen molar-refractivity contribution in [2.45, 2.75) is 25.3 Å². The number of hydrogen-bond acceptors (Lipinski definition) is 2. The van der Waals surface area contributed by atoms with E-state index in [-0.39, 0.29) is 18.0 Å². The number of quaternary nitrogens is 1. The first-order chi connectivity index (χ1) is 6.57. The van der Waals surface area contributed by atoms with E-state index in [1.54, 1.807) is 0 Å². The van der Waals surface area contributed by atoms with Crippen LogP contribution in [0.25, 0.3) is 0 Å². The number of nitrogens with two attached hydrogens (primary N) is 2. The number of ether oxygens (including phenoxy) is 1. The van der Waals surface area contributed by atoms with Gasteiger partial charge in [-0.25, -0.2) is 4.79 Å². The number of methoxy groups -OCH3 is 1. The van der Waals surface area contributed by atoms with E-state index in [9.17, 15) is 4.79 Å². The van der Waals surface area contributed by atoms with E-state index < -0.39 is 0 Å². The SMILES string of the molecule is COC(=O)[C@@H]([NH3+])CCCC[NH+]=C(N)N. The third kappa shape index (κ3) is 6.24. The van der Waals surface area contributed by atoms with Crippen molar-refractivity contribution in [1.82, 2.24) is 0 Å². The number of rotatable bonds is 6. The molecule has 0 amide bonds. The zero-order valence-electron chi connectivity index (χ0n) is 8.58. The quantitative estimate of drug-likeness (QED) is 0.154. The van der Waals surface area contributed by atoms with Gasteiger partial charge in [-0.05, 0) is 12.8 Å². The monoisotopic (exact) mass is 204 g/mol. The predicted octanol–water partition coefficient (Wildman–Crippen LogP) is -3.71. The number of guanidine groups is 1. The molecule has 6 heteroatoms. The van der Waals surface area contributed by atoms with Crippen molar-refractivity contribution in [1.29, 1.82) is 0 Å². The van der Waals surface area contributed by atoms with E-state index in [2.05, 4.69) is 15.5 Å². The minimum absolute atomic E-state index is 0.226. The van der Waals surface area contributed by atoms with Gasteiger partial charge in [-0.2, -0.15) is 0 Å². The van der Waals surface area contributed by atoms with Crippen molar-refractivity contribution in [3.8, 4) is 0 Å². The number of esters is 1. The van der Waals surface area contributed by atoms with Crippen molar-refractivity contribution in [2.24, 2.45) is 11.5 Å². The van der Waals surface area contributed by atoms with Crippen molar-refractivity contribution < 1.29 is 20.3 Å². The van der Waals surface area contributed by atoms with Gasteiger partial charge >= 0.3 is 11.9 Å². The summed E-state index contributed by atoms with van der Waals surface area (Å²) in [5.74, 6) is -0.0352. The highest BCUT2D eigenvalue weighted by Gasteiger charge is 2.16. The molecule has 0 bridgehead atoms. The third-order valence-electron chi connectivity index (χ3n) is 1.84. The lowest BCUT2D eigenvalue weighted by Gasteiger charge is -2.04. The van der Waals surface area contributed by atoms with E-state index in [4.69, 9.17) is 11.5 Å². The van der Waals surface area contributed by atoms with Crippen LogP contribution in [-0.4, -0.2) is 31.6 Å². The number of unbranched alkanes of at least 4 members (excludes halogenated alkanes) is 1. The summed E-state index contributed by atoms with van der Waals surface area (Å²) >= 11 is 0. The van der Waals surface area contributed by atoms with Crippen molar-refractivity contribution in [3.05, 3.63) is 0 Å². The molecule has 0 aliphatic heterocycles. The summed E-state index contributed by atoms with van der Waals surface area (Å²) in [7, 11) is 1.37. The average Bonchev–Trinajstić information content (AvgIpc) is 2.15. The van der Waals surface area contributed by atoms with Crippen LogP contribution in [0.1, 0.15) is 19.3 Å². The Balaban J connectivity index is 3.45. The zero-order chi connectivity index (χ0) is 11.0. The lowest BCUT2D eigenvalue weighted by Crippen LogP contribution is -2.78. The van der Waals surface area contributed by atoms with Crippen LogP contribution in [0.5, 0.6) is 0 Å². The third-order valence-corrected chi connectivity index (χ3v) is 1.84. The summed E-state index contributed by atoms with van der Waals surface area (Å²) in [6.07, 6.45) is 2.52. The lowest BCUT2D eigenvalue weighted by molar-refractivity contribution is -0.460. The average molecular weight is 204 g/mol. The fraction of sp³-hybridized carbons (Fsp3) is 0.750. The molecule has 0 aromatic heterocycles. The number of hydrogen-bond donors (Lipinski definition) is 4. The standard InChI is InChI=1S/C8H18N4O2/c1-14-7(13)6(9)4-2-3-5-12-8(10)11/h6H,2-5,9H2,1H3,(H4,10,11,12)/p+2/t6-/m0/s1. The molecule has 0 fully saturated rings. The second kappa shape index (κ2) is 7.14. The van der Waals surface area contributed by atoms with Gasteiger partial charge in [0, 0.05) is 6.42 Å². The van der Waals surface area contributed by atoms with Gasteiger partial charge in [0.1, 0.15) is 0 Å². The number of carbonyl (C=O) groups is 1. The molecule has 14 heavy (non-hydrogen) atoms. The van der Waals surface area contributed by atoms with Crippen molar-refractivity contribution in [2.75, 3.05) is 13.7 Å². The van der Waals surface area contributed by atoms with E-state index in [0.717, 1.165) is 25.8 Å². The van der Waals surface area contributed by atoms with Gasteiger partial charge in [0.2, 0.25) is 0 Å². The van der Waals surface area contributed by atoms with Gasteiger partial charge in [-0.15, -0.1) is 0 Å². The molecule has 0 saturated heterocycles. The maximum absolute atomic E-state index is 10.9. The Labute approximate surface area is 83.5 Å². The molecule has 1 atom stereocenters. The molecule has 0 aliphatic rings. The maximum Gasteiger partial charge on any atom is 0.364 e. The van der Waals surface area contributed by atoms with Gasteiger partial charge in [0.25, 0.3) is 0 Å². The summed E-state index contributed by atoms with van der Waals surface area (Å²) < 4.78 is 4.55. The number of carbonyl (C=O) groups excluding carboxylic acids is 1. The van der Waals surface area contributed by atoms with Gasteiger partial charge < -0.3 is 10.5 Å². The largest absolute Gasteiger partial charge is 0.465 e. The van der Waals surface area contributed by atoms with E-state index in [1.807, 2.05) is 0 Å². The van der Waals surface area contributed by atoms with Gasteiger partial charge in [-0.1, -0.05) is 0 Å². The van der Waals surface area contributed by atoms with Crippen LogP contribution in [0.4, 0.5) is 0 Å². The first kappa shape index (κ1) is 12.7. The smallest absolute Gasteiger partial charge is 0.364 e. The second-order valence-corrected chi connectivity index (χ2v) is 3.10. The molecule has 0 unspecified atom stereocenters. The summed E-state index contributed by atoms with van der Waals surface area (Å²) in [6, 6.07) is -0.279. The van der Waals surface area contributed by atoms with Gasteiger partial charge in [0.15, 0.2) is 6.04 Å². The van der Waals surface area contributed by atoms with E-state index in [1.165, 1.54) is 7.11 Å². The van der Waals surface area contributed by atoms with Crippen LogP contribution in [0.3, 0.4) is 0 Å². The first-order valence-corrected chi connectivity index (χ1v) is 4.60. The van der Waals surface area contributed by atoms with Crippen molar-refractivity contribution in [3.63, 3.8) is 0 Å². The molecule has 0 heterocycles. The first-order valence-electron chi connectivity index (χ1n) is 4.60. The van der Waals surface area contributed by atoms with Gasteiger partial charge in [-0.3, -0.25) is 16.5 Å². The Morgan fingerprint density at radius 3 is 2.64 bits per heavy atom. The summed E-state index contributed by atoms with van der Waals surface area (Å²) in [4.78, 5) is 13.7. The maximum atomic E-state index is 10.9. The summed E-state index contributed by atoms with van der Waals surface area (Å²) in [5, 5.41) is 0. The molecule has 0 aromatic carbocycles. The molecular formula is C8H20N4O2+2. The zero-order valence-corrected chi connectivity index (χ0v) is 8.58. The molecule has 0 aromatic rings. The highest BCUT2D eigenvalue weighted by atomic mass is 16.5. The highest BCUT2D eigenvalue weighted by Crippen LogP contribution is 1.96. The molecular weight excluding hydrogens is 184 g/mol. The molecule has 0 spiro atoms. The van der Waals surface area contributed by atoms with E-state index >= 15 is 0 Å². The topological polar surface area (TPSA) is 120 Å². The van der Waals surface area contributed by atoms with Crippen LogP contribution >= 0.6 is 0 Å². The number of nitrogens with one attached hydrogen (secondary N) is 1. The van der Waals surface area contributed by atoms with Crippen LogP contribution < -0.4 is 22.2 Å². The Morgan fingerprint density at radius 2 is 2.14 bits per heavy atom. The predicted molar refractivity (Wildman–Crippen MR) is 51.8 cm³/mol. The van der Waals surface area contributed by atoms with Gasteiger partial charge in [0.05, 0.1) is 13.7 Å². The lowest BCUT2D eigenvalue weighted by atomic mass is 10.1. The summed E-state index contributed by atoms with van der Waals surface area (Å²) in [5.41, 5.74) is 14.1. The highest BCUT2D eigenvalue weighted by molar-refractivity contribution is 5.73. The molecule has 0 saturated carbocycles. The fourth-order valence-electron chi connectivity index (χ4n) is 1.03. The Kier molecular flexibility index (Phi) is 6.47. The Bertz CT molecular complexity index is 202. The van der Waals surface area contributed by atoms with Crippen LogP contribution in [-0.2, 0) is 9.53 Å². The molecule has 6 nitrogen and oxygen atoms in total. The molecule has 82 valence electrons. The second-order valence-electron chi connectivity index (χ2n) is 3.10. The molecule has 0 radical (unpaired) electrons. The minimum atomic E-state index is -0.279. The Hall–Kier alpha value is -1.30. The van der Waals surface area contributed by atoms with Crippen LogP contribution in [0.2, 0.25) is 0 Å². The normalized spacial score (nSPS) is 11.9. The van der Waals surface area contributed by atoms with Crippen molar-refractivity contribution >= 4 is 11.9 Å². The molecule has 8 N–H and O–H groups in total. The minimum Gasteiger partial charge on any atom is -0.465 e. The Morgan fingerprint density at radius 1 is 1.50 bits per heavy atom. The molecule has 0 rings (SSSR count).